The van der Waals surface area contributed by atoms with E-state index in [0.29, 0.717) is 16.5 Å². The number of imidazole rings is 1. The number of alkyl halides is 3. The third-order valence-electron chi connectivity index (χ3n) is 4.79. The number of nitrogens with one attached hydrogen (secondary N) is 2. The van der Waals surface area contributed by atoms with Gasteiger partial charge in [0.1, 0.15) is 12.3 Å². The molecule has 1 aliphatic carbocycles. The highest BCUT2D eigenvalue weighted by Crippen LogP contribution is 2.25. The van der Waals surface area contributed by atoms with E-state index in [2.05, 4.69) is 20.4 Å². The molecule has 1 heterocycles. The number of aliphatic hydroxyl groups is 1. The Bertz CT molecular complexity index is 928. The molecule has 0 atom stereocenters. The van der Waals surface area contributed by atoms with Gasteiger partial charge >= 0.3 is 6.36 Å². The number of benzene rings is 1. The number of carbonyl (C=O) groups excluding carboxylic acids is 2. The summed E-state index contributed by atoms with van der Waals surface area (Å²) in [7, 11) is 0. The maximum Gasteiger partial charge on any atom is 0.573 e. The number of halogens is 3. The molecule has 0 bridgehead atoms. The molecule has 0 radical (unpaired) electrons. The van der Waals surface area contributed by atoms with Crippen molar-refractivity contribution < 1.29 is 32.6 Å². The van der Waals surface area contributed by atoms with Gasteiger partial charge in [-0.3, -0.25) is 9.59 Å². The first-order valence-corrected chi connectivity index (χ1v) is 10.9. The van der Waals surface area contributed by atoms with Crippen molar-refractivity contribution in [2.24, 2.45) is 0 Å². The van der Waals surface area contributed by atoms with E-state index < -0.39 is 12.3 Å². The summed E-state index contributed by atoms with van der Waals surface area (Å²) in [6.45, 7) is -0.320. The summed E-state index contributed by atoms with van der Waals surface area (Å²) in [5.41, 5.74) is 0.759. The molecule has 12 heteroatoms. The summed E-state index contributed by atoms with van der Waals surface area (Å²) in [5, 5.41) is 15.5. The van der Waals surface area contributed by atoms with Crippen LogP contribution in [0, 0.1) is 0 Å². The molecule has 1 aromatic heterocycles. The van der Waals surface area contributed by atoms with Crippen LogP contribution in [0.5, 0.6) is 5.75 Å². The van der Waals surface area contributed by atoms with Crippen LogP contribution in [0.25, 0.3) is 0 Å². The topological polar surface area (TPSA) is 105 Å². The number of amides is 2. The number of nitrogens with zero attached hydrogens (tertiary/aromatic N) is 2. The highest BCUT2D eigenvalue weighted by atomic mass is 32.2. The first kappa shape index (κ1) is 23.9. The van der Waals surface area contributed by atoms with Crippen LogP contribution in [0.3, 0.4) is 0 Å². The molecule has 32 heavy (non-hydrogen) atoms. The van der Waals surface area contributed by atoms with E-state index in [9.17, 15) is 27.9 Å². The Hall–Kier alpha value is -2.73. The molecule has 2 amide bonds. The van der Waals surface area contributed by atoms with Crippen LogP contribution in [-0.4, -0.2) is 44.6 Å². The minimum Gasteiger partial charge on any atom is -0.406 e. The van der Waals surface area contributed by atoms with Crippen LogP contribution in [-0.2, 0) is 22.7 Å². The van der Waals surface area contributed by atoms with Crippen molar-refractivity contribution in [2.45, 2.75) is 56.4 Å². The fourth-order valence-corrected chi connectivity index (χ4v) is 4.15. The van der Waals surface area contributed by atoms with Gasteiger partial charge in [-0.1, -0.05) is 24.6 Å². The molecule has 3 N–H and O–H groups in total. The summed E-state index contributed by atoms with van der Waals surface area (Å²) < 4.78 is 42.0. The van der Waals surface area contributed by atoms with Gasteiger partial charge in [0.2, 0.25) is 11.8 Å². The third-order valence-corrected chi connectivity index (χ3v) is 5.78. The highest BCUT2D eigenvalue weighted by Gasteiger charge is 2.31. The van der Waals surface area contributed by atoms with Crippen molar-refractivity contribution in [1.29, 1.82) is 0 Å². The Morgan fingerprint density at radius 1 is 1.19 bits per heavy atom. The second kappa shape index (κ2) is 10.7. The molecule has 0 saturated heterocycles. The van der Waals surface area contributed by atoms with Gasteiger partial charge in [0, 0.05) is 11.7 Å². The Morgan fingerprint density at radius 3 is 2.50 bits per heavy atom. The normalized spacial score (nSPS) is 14.4. The summed E-state index contributed by atoms with van der Waals surface area (Å²) >= 11 is 1.08. The largest absolute Gasteiger partial charge is 0.573 e. The number of aliphatic hydroxyl groups excluding tert-OH is 1. The molecule has 0 unspecified atom stereocenters. The zero-order valence-corrected chi connectivity index (χ0v) is 17.8. The summed E-state index contributed by atoms with van der Waals surface area (Å²) in [4.78, 5) is 28.8. The first-order valence-electron chi connectivity index (χ1n) is 9.96. The van der Waals surface area contributed by atoms with Crippen molar-refractivity contribution in [3.05, 3.63) is 36.2 Å². The first-order chi connectivity index (χ1) is 15.2. The number of ether oxygens (including phenoxy) is 1. The van der Waals surface area contributed by atoms with E-state index in [1.165, 1.54) is 18.3 Å². The van der Waals surface area contributed by atoms with E-state index in [1.807, 2.05) is 0 Å². The molecule has 1 fully saturated rings. The second-order valence-electron chi connectivity index (χ2n) is 7.23. The smallest absolute Gasteiger partial charge is 0.406 e. The average molecular weight is 472 g/mol. The van der Waals surface area contributed by atoms with E-state index in [-0.39, 0.29) is 36.6 Å². The van der Waals surface area contributed by atoms with Crippen molar-refractivity contribution >= 4 is 29.3 Å². The molecule has 3 rings (SSSR count). The van der Waals surface area contributed by atoms with Crippen LogP contribution < -0.4 is 15.4 Å². The van der Waals surface area contributed by atoms with Crippen LogP contribution in [0.1, 0.15) is 31.4 Å². The third kappa shape index (κ3) is 7.16. The van der Waals surface area contributed by atoms with Crippen molar-refractivity contribution in [3.8, 4) is 5.75 Å². The number of hydrogen-bond acceptors (Lipinski definition) is 6. The van der Waals surface area contributed by atoms with Gasteiger partial charge in [-0.25, -0.2) is 4.98 Å². The van der Waals surface area contributed by atoms with E-state index in [1.54, 1.807) is 4.57 Å². The zero-order chi connectivity index (χ0) is 23.1. The van der Waals surface area contributed by atoms with E-state index in [0.717, 1.165) is 49.6 Å². The molecule has 2 aromatic rings. The maximum atomic E-state index is 12.4. The van der Waals surface area contributed by atoms with Crippen LogP contribution in [0.4, 0.5) is 18.9 Å². The monoisotopic (exact) mass is 472 g/mol. The van der Waals surface area contributed by atoms with Crippen LogP contribution >= 0.6 is 11.8 Å². The molecule has 1 aliphatic rings. The minimum atomic E-state index is -4.79. The lowest BCUT2D eigenvalue weighted by Gasteiger charge is -2.14. The summed E-state index contributed by atoms with van der Waals surface area (Å²) in [6.07, 6.45) is 0.743. The molecule has 174 valence electrons. The zero-order valence-electron chi connectivity index (χ0n) is 17.0. The van der Waals surface area contributed by atoms with Gasteiger partial charge in [0.15, 0.2) is 5.16 Å². The maximum absolute atomic E-state index is 12.4. The quantitative estimate of drug-likeness (QED) is 0.485. The number of carbonyl (C=O) groups is 2. The predicted molar refractivity (Wildman–Crippen MR) is 111 cm³/mol. The fraction of sp³-hybridized carbons (Fsp3) is 0.450. The Balaban J connectivity index is 1.53. The molecule has 0 aliphatic heterocycles. The van der Waals surface area contributed by atoms with Crippen LogP contribution in [0.2, 0.25) is 0 Å². The summed E-state index contributed by atoms with van der Waals surface area (Å²) in [5.74, 6) is -1.03. The molecule has 8 nitrogen and oxygen atoms in total. The van der Waals surface area contributed by atoms with E-state index >= 15 is 0 Å². The van der Waals surface area contributed by atoms with Crippen molar-refractivity contribution in [1.82, 2.24) is 14.9 Å². The van der Waals surface area contributed by atoms with Gasteiger partial charge in [0.25, 0.3) is 0 Å². The fourth-order valence-electron chi connectivity index (χ4n) is 3.36. The molecular formula is C20H23F3N4O4S. The lowest BCUT2D eigenvalue weighted by atomic mass is 10.2. The predicted octanol–water partition coefficient (Wildman–Crippen LogP) is 3.06. The lowest BCUT2D eigenvalue weighted by Crippen LogP contribution is -2.35. The highest BCUT2D eigenvalue weighted by molar-refractivity contribution is 7.99. The lowest BCUT2D eigenvalue weighted by molar-refractivity contribution is -0.274. The number of thioether (sulfide) groups is 1. The van der Waals surface area contributed by atoms with Gasteiger partial charge < -0.3 is 25.0 Å². The van der Waals surface area contributed by atoms with Crippen molar-refractivity contribution in [2.75, 3.05) is 11.1 Å². The molecular weight excluding hydrogens is 449 g/mol. The van der Waals surface area contributed by atoms with Crippen LogP contribution in [0.15, 0.2) is 35.6 Å². The number of anilines is 1. The molecule has 0 spiro atoms. The molecule has 1 aromatic carbocycles. The SMILES string of the molecule is O=C(CSc1ncc(CO)n1CC(=O)NC1CCCC1)Nc1ccc(OC(F)(F)F)cc1. The van der Waals surface area contributed by atoms with Gasteiger partial charge in [-0.15, -0.1) is 13.2 Å². The number of aromatic nitrogens is 2. The number of hydrogen-bond donors (Lipinski definition) is 3. The number of rotatable bonds is 9. The van der Waals surface area contributed by atoms with Crippen molar-refractivity contribution in [3.63, 3.8) is 0 Å². The van der Waals surface area contributed by atoms with Gasteiger partial charge in [0.05, 0.1) is 24.3 Å². The second-order valence-corrected chi connectivity index (χ2v) is 8.18. The minimum absolute atomic E-state index is 0.0169. The molecule has 1 saturated carbocycles. The van der Waals surface area contributed by atoms with Gasteiger partial charge in [-0.2, -0.15) is 0 Å². The Kier molecular flexibility index (Phi) is 8.02. The standard InChI is InChI=1S/C20H23F3N4O4S/c21-20(22,23)31-16-7-5-14(6-8-16)26-18(30)12-32-19-24-9-15(11-28)27(19)10-17(29)25-13-3-1-2-4-13/h5-9,13,28H,1-4,10-12H2,(H,25,29)(H,26,30). The van der Waals surface area contributed by atoms with Gasteiger partial charge in [-0.05, 0) is 37.1 Å². The Labute approximate surface area is 186 Å². The average Bonchev–Trinajstić information content (AvgIpc) is 3.36. The summed E-state index contributed by atoms with van der Waals surface area (Å²) in [6, 6.07) is 4.95. The van der Waals surface area contributed by atoms with E-state index in [4.69, 9.17) is 0 Å². The Morgan fingerprint density at radius 2 is 1.88 bits per heavy atom.